The van der Waals surface area contributed by atoms with Crippen LogP contribution in [0, 0.1) is 12.7 Å². The summed E-state index contributed by atoms with van der Waals surface area (Å²) >= 11 is 0. The molecule has 0 bridgehead atoms. The second-order valence-electron chi connectivity index (χ2n) is 8.07. The molecule has 6 nitrogen and oxygen atoms in total. The van der Waals surface area contributed by atoms with Gasteiger partial charge in [-0.2, -0.15) is 0 Å². The van der Waals surface area contributed by atoms with Crippen LogP contribution in [-0.2, 0) is 11.8 Å². The van der Waals surface area contributed by atoms with Crippen LogP contribution >= 0.6 is 0 Å². The summed E-state index contributed by atoms with van der Waals surface area (Å²) in [5.74, 6) is 1.33. The van der Waals surface area contributed by atoms with E-state index in [1.165, 1.54) is 6.07 Å². The lowest BCUT2D eigenvalue weighted by molar-refractivity contribution is -0.119. The van der Waals surface area contributed by atoms with Crippen molar-refractivity contribution in [1.82, 2.24) is 9.55 Å². The van der Waals surface area contributed by atoms with Crippen molar-refractivity contribution < 1.29 is 13.9 Å². The van der Waals surface area contributed by atoms with E-state index in [1.54, 1.807) is 12.1 Å². The van der Waals surface area contributed by atoms with E-state index in [9.17, 15) is 9.18 Å². The predicted octanol–water partition coefficient (Wildman–Crippen LogP) is 4.47. The number of piperidine rings is 1. The number of ether oxygens (including phenoxy) is 1. The fourth-order valence-electron chi connectivity index (χ4n) is 4.48. The van der Waals surface area contributed by atoms with Crippen molar-refractivity contribution in [2.45, 2.75) is 38.6 Å². The van der Waals surface area contributed by atoms with Crippen molar-refractivity contribution in [3.63, 3.8) is 0 Å². The summed E-state index contributed by atoms with van der Waals surface area (Å²) in [5, 5.41) is 3.52. The molecular formula is C23H25FN4O2. The molecule has 2 aliphatic heterocycles. The molecule has 1 N–H and O–H groups in total. The van der Waals surface area contributed by atoms with Crippen molar-refractivity contribution in [3.05, 3.63) is 47.5 Å². The van der Waals surface area contributed by atoms with Gasteiger partial charge in [-0.1, -0.05) is 6.07 Å². The van der Waals surface area contributed by atoms with Crippen LogP contribution in [0.4, 0.5) is 15.8 Å². The van der Waals surface area contributed by atoms with Crippen molar-refractivity contribution in [2.24, 2.45) is 7.05 Å². The lowest BCUT2D eigenvalue weighted by Gasteiger charge is -2.30. The number of rotatable bonds is 3. The van der Waals surface area contributed by atoms with Crippen molar-refractivity contribution in [2.75, 3.05) is 23.4 Å². The van der Waals surface area contributed by atoms with Gasteiger partial charge in [0.15, 0.2) is 0 Å². The van der Waals surface area contributed by atoms with Crippen LogP contribution in [-0.4, -0.2) is 28.6 Å². The largest absolute Gasteiger partial charge is 0.493 e. The Balaban J connectivity index is 1.61. The molecule has 30 heavy (non-hydrogen) atoms. The molecular weight excluding hydrogens is 383 g/mol. The van der Waals surface area contributed by atoms with Gasteiger partial charge in [-0.25, -0.2) is 9.37 Å². The van der Waals surface area contributed by atoms with Crippen molar-refractivity contribution in [1.29, 1.82) is 0 Å². The number of aromatic nitrogens is 2. The van der Waals surface area contributed by atoms with Gasteiger partial charge in [-0.15, -0.1) is 0 Å². The van der Waals surface area contributed by atoms with Gasteiger partial charge >= 0.3 is 0 Å². The number of aryl methyl sites for hydroxylation is 2. The van der Waals surface area contributed by atoms with Gasteiger partial charge < -0.3 is 19.5 Å². The molecule has 3 heterocycles. The van der Waals surface area contributed by atoms with Crippen molar-refractivity contribution >= 4 is 28.3 Å². The summed E-state index contributed by atoms with van der Waals surface area (Å²) in [6.45, 7) is 3.19. The first-order valence-corrected chi connectivity index (χ1v) is 10.5. The third kappa shape index (κ3) is 3.09. The number of nitrogens with one attached hydrogen (secondary N) is 1. The summed E-state index contributed by atoms with van der Waals surface area (Å²) in [6, 6.07) is 8.71. The maximum absolute atomic E-state index is 14.6. The Morgan fingerprint density at radius 2 is 2.13 bits per heavy atom. The second kappa shape index (κ2) is 7.31. The number of hydrogen-bond acceptors (Lipinski definition) is 4. The molecule has 1 unspecified atom stereocenters. The number of carbonyl (C=O) groups is 1. The molecule has 5 rings (SSSR count). The Morgan fingerprint density at radius 1 is 1.27 bits per heavy atom. The van der Waals surface area contributed by atoms with Crippen LogP contribution in [0.5, 0.6) is 5.75 Å². The van der Waals surface area contributed by atoms with E-state index < -0.39 is 0 Å². The topological polar surface area (TPSA) is 59.4 Å². The lowest BCUT2D eigenvalue weighted by atomic mass is 9.99. The van der Waals surface area contributed by atoms with E-state index in [0.29, 0.717) is 30.8 Å². The highest BCUT2D eigenvalue weighted by Gasteiger charge is 2.27. The van der Waals surface area contributed by atoms with Gasteiger partial charge in [0.05, 0.1) is 29.4 Å². The molecule has 1 saturated heterocycles. The van der Waals surface area contributed by atoms with Gasteiger partial charge in [0.2, 0.25) is 5.91 Å². The first-order chi connectivity index (χ1) is 14.5. The number of carbonyl (C=O) groups excluding carboxylic acids is 1. The fraction of sp³-hybridized carbons (Fsp3) is 0.391. The third-order valence-electron chi connectivity index (χ3n) is 6.19. The summed E-state index contributed by atoms with van der Waals surface area (Å²) in [5.41, 5.74) is 3.99. The highest BCUT2D eigenvalue weighted by atomic mass is 19.1. The summed E-state index contributed by atoms with van der Waals surface area (Å²) in [7, 11) is 1.97. The van der Waals surface area contributed by atoms with E-state index in [-0.39, 0.29) is 17.8 Å². The average molecular weight is 408 g/mol. The lowest BCUT2D eigenvalue weighted by Crippen LogP contribution is -2.35. The first kappa shape index (κ1) is 18.9. The molecule has 0 spiro atoms. The van der Waals surface area contributed by atoms with E-state index >= 15 is 0 Å². The quantitative estimate of drug-likeness (QED) is 0.695. The summed E-state index contributed by atoms with van der Waals surface area (Å²) < 4.78 is 22.3. The van der Waals surface area contributed by atoms with Crippen LogP contribution in [0.25, 0.3) is 11.0 Å². The molecule has 1 fully saturated rings. The van der Waals surface area contributed by atoms with E-state index in [1.807, 2.05) is 35.6 Å². The molecule has 7 heteroatoms. The number of halogens is 1. The molecule has 0 radical (unpaired) electrons. The van der Waals surface area contributed by atoms with Crippen LogP contribution in [0.15, 0.2) is 30.3 Å². The van der Waals surface area contributed by atoms with Gasteiger partial charge in [0, 0.05) is 32.1 Å². The zero-order valence-corrected chi connectivity index (χ0v) is 17.2. The normalized spacial score (nSPS) is 19.0. The molecule has 1 amide bonds. The highest BCUT2D eigenvalue weighted by Crippen LogP contribution is 2.39. The third-order valence-corrected chi connectivity index (χ3v) is 6.19. The van der Waals surface area contributed by atoms with Gasteiger partial charge in [0.25, 0.3) is 0 Å². The second-order valence-corrected chi connectivity index (χ2v) is 8.07. The maximum Gasteiger partial charge on any atom is 0.226 e. The number of nitrogens with zero attached hydrogens (tertiary/aromatic N) is 3. The first-order valence-electron chi connectivity index (χ1n) is 10.5. The van der Waals surface area contributed by atoms with E-state index in [2.05, 4.69) is 5.32 Å². The Bertz CT molecular complexity index is 1140. The van der Waals surface area contributed by atoms with E-state index in [0.717, 1.165) is 47.6 Å². The zero-order valence-electron chi connectivity index (χ0n) is 17.2. The van der Waals surface area contributed by atoms with Gasteiger partial charge in [-0.3, -0.25) is 4.79 Å². The number of hydrogen-bond donors (Lipinski definition) is 1. The molecule has 1 atom stereocenters. The molecule has 2 aromatic carbocycles. The fourth-order valence-corrected chi connectivity index (χ4v) is 4.48. The van der Waals surface area contributed by atoms with E-state index in [4.69, 9.17) is 9.72 Å². The minimum atomic E-state index is -0.277. The standard InChI is InChI=1S/C23H25FN4O2/c1-14-25-23-18(26-17-9-11-30-20-7-5-6-16(24)22(17)20)12-15(13-19(23)27(14)2)28-10-4-3-8-21(28)29/h5-7,12-13,17,26H,3-4,8-11H2,1-2H3. The average Bonchev–Trinajstić information content (AvgIpc) is 3.03. The molecule has 156 valence electrons. The molecule has 2 aliphatic rings. The number of imidazole rings is 1. The summed E-state index contributed by atoms with van der Waals surface area (Å²) in [4.78, 5) is 19.1. The Morgan fingerprint density at radius 3 is 2.97 bits per heavy atom. The maximum atomic E-state index is 14.6. The molecule has 3 aromatic rings. The monoisotopic (exact) mass is 408 g/mol. The minimum absolute atomic E-state index is 0.146. The Kier molecular flexibility index (Phi) is 4.60. The van der Waals surface area contributed by atoms with Gasteiger partial charge in [0.1, 0.15) is 22.9 Å². The minimum Gasteiger partial charge on any atom is -0.493 e. The zero-order chi connectivity index (χ0) is 20.8. The van der Waals surface area contributed by atoms with Crippen LogP contribution < -0.4 is 15.0 Å². The van der Waals surface area contributed by atoms with Crippen LogP contribution in [0.1, 0.15) is 43.1 Å². The highest BCUT2D eigenvalue weighted by molar-refractivity contribution is 5.99. The summed E-state index contributed by atoms with van der Waals surface area (Å²) in [6.07, 6.45) is 3.15. The van der Waals surface area contributed by atoms with Crippen molar-refractivity contribution in [3.8, 4) is 5.75 Å². The smallest absolute Gasteiger partial charge is 0.226 e. The molecule has 1 aromatic heterocycles. The Labute approximate surface area is 174 Å². The predicted molar refractivity (Wildman–Crippen MR) is 115 cm³/mol. The SMILES string of the molecule is Cc1nc2c(NC3CCOc4cccc(F)c43)cc(N3CCCCC3=O)cc2n1C. The van der Waals surface area contributed by atoms with Crippen LogP contribution in [0.3, 0.4) is 0 Å². The number of benzene rings is 2. The number of fused-ring (bicyclic) bond motifs is 2. The number of anilines is 2. The van der Waals surface area contributed by atoms with Crippen LogP contribution in [0.2, 0.25) is 0 Å². The number of amides is 1. The Hall–Kier alpha value is -3.09. The molecule has 0 saturated carbocycles. The molecule has 0 aliphatic carbocycles. The van der Waals surface area contributed by atoms with Gasteiger partial charge in [-0.05, 0) is 44.0 Å².